The molecule has 0 saturated carbocycles. The average Bonchev–Trinajstić information content (AvgIpc) is 2.40. The van der Waals surface area contributed by atoms with Crippen molar-refractivity contribution in [2.24, 2.45) is 0 Å². The zero-order valence-corrected chi connectivity index (χ0v) is 17.6. The van der Waals surface area contributed by atoms with Crippen LogP contribution in [0.3, 0.4) is 0 Å². The van der Waals surface area contributed by atoms with Gasteiger partial charge in [0.25, 0.3) is 0 Å². The van der Waals surface area contributed by atoms with Crippen molar-refractivity contribution in [3.8, 4) is 0 Å². The normalized spacial score (nSPS) is 14.0. The van der Waals surface area contributed by atoms with E-state index < -0.39 is 7.22 Å². The van der Waals surface area contributed by atoms with Crippen molar-refractivity contribution in [2.75, 3.05) is 0 Å². The number of halogens is 1. The van der Waals surface area contributed by atoms with E-state index in [-0.39, 0.29) is 0 Å². The highest BCUT2D eigenvalue weighted by atomic mass is 79.9. The van der Waals surface area contributed by atoms with Crippen molar-refractivity contribution in [3.05, 3.63) is 47.0 Å². The maximum Gasteiger partial charge on any atom is 0.126 e. The predicted molar refractivity (Wildman–Crippen MR) is 106 cm³/mol. The molecule has 0 spiro atoms. The molecule has 0 radical (unpaired) electrons. The largest absolute Gasteiger partial charge is 0.172 e. The molecular weight excluding hydrogens is 356 g/mol. The summed E-state index contributed by atoms with van der Waals surface area (Å²) in [5, 5.41) is 0.400. The van der Waals surface area contributed by atoms with Gasteiger partial charge in [-0.25, -0.2) is 0 Å². The molecule has 0 aliphatic heterocycles. The SMILES string of the molecule is C=C[C@H](S[Si](C(C)C)(C(C)C)C(C)C)c1ccc(Br)cc1. The molecule has 1 rings (SSSR count). The zero-order chi connectivity index (χ0) is 16.2. The van der Waals surface area contributed by atoms with Gasteiger partial charge in [-0.3, -0.25) is 0 Å². The number of hydrogen-bond acceptors (Lipinski definition) is 1. The molecule has 0 fully saturated rings. The molecule has 1 aromatic carbocycles. The van der Waals surface area contributed by atoms with Crippen molar-refractivity contribution in [1.82, 2.24) is 0 Å². The van der Waals surface area contributed by atoms with E-state index in [4.69, 9.17) is 0 Å². The highest BCUT2D eigenvalue weighted by Gasteiger charge is 2.45. The first kappa shape index (κ1) is 19.1. The van der Waals surface area contributed by atoms with Gasteiger partial charge in [-0.2, -0.15) is 11.2 Å². The summed E-state index contributed by atoms with van der Waals surface area (Å²) in [6.45, 7) is 18.6. The smallest absolute Gasteiger partial charge is 0.126 e. The molecule has 1 atom stereocenters. The van der Waals surface area contributed by atoms with Crippen LogP contribution in [-0.2, 0) is 0 Å². The molecule has 0 aliphatic carbocycles. The third-order valence-electron chi connectivity index (χ3n) is 4.45. The third-order valence-corrected chi connectivity index (χ3v) is 17.7. The van der Waals surface area contributed by atoms with Crippen LogP contribution in [0.15, 0.2) is 41.4 Å². The van der Waals surface area contributed by atoms with E-state index >= 15 is 0 Å². The molecule has 0 unspecified atom stereocenters. The van der Waals surface area contributed by atoms with Gasteiger partial charge < -0.3 is 0 Å². The van der Waals surface area contributed by atoms with Gasteiger partial charge in [0.2, 0.25) is 0 Å². The Labute approximate surface area is 144 Å². The first-order valence-corrected chi connectivity index (χ1v) is 12.4. The Kier molecular flexibility index (Phi) is 7.28. The minimum atomic E-state index is -1.47. The predicted octanol–water partition coefficient (Wildman–Crippen LogP) is 7.58. The highest BCUT2D eigenvalue weighted by Crippen LogP contribution is 2.54. The lowest BCUT2D eigenvalue weighted by Gasteiger charge is -2.44. The van der Waals surface area contributed by atoms with Crippen LogP contribution in [0, 0.1) is 0 Å². The van der Waals surface area contributed by atoms with Crippen LogP contribution in [-0.4, -0.2) is 7.22 Å². The fourth-order valence-corrected chi connectivity index (χ4v) is 13.9. The summed E-state index contributed by atoms with van der Waals surface area (Å²) in [6.07, 6.45) is 2.13. The minimum absolute atomic E-state index is 0.400. The Morgan fingerprint density at radius 2 is 1.38 bits per heavy atom. The molecule has 0 N–H and O–H groups in total. The summed E-state index contributed by atoms with van der Waals surface area (Å²) >= 11 is 5.75. The lowest BCUT2D eigenvalue weighted by atomic mass is 10.1. The van der Waals surface area contributed by atoms with Gasteiger partial charge in [0.1, 0.15) is 7.22 Å². The van der Waals surface area contributed by atoms with Crippen LogP contribution < -0.4 is 0 Å². The lowest BCUT2D eigenvalue weighted by molar-refractivity contribution is 0.850. The summed E-state index contributed by atoms with van der Waals surface area (Å²) in [5.74, 6) is 0. The maximum absolute atomic E-state index is 4.11. The van der Waals surface area contributed by atoms with Gasteiger partial charge >= 0.3 is 0 Å². The van der Waals surface area contributed by atoms with E-state index in [0.29, 0.717) is 5.25 Å². The van der Waals surface area contributed by atoms with E-state index in [1.165, 1.54) is 5.56 Å². The molecule has 118 valence electrons. The second-order valence-electron chi connectivity index (χ2n) is 6.64. The van der Waals surface area contributed by atoms with Crippen LogP contribution in [0.2, 0.25) is 16.6 Å². The van der Waals surface area contributed by atoms with E-state index in [1.54, 1.807) is 0 Å². The summed E-state index contributed by atoms with van der Waals surface area (Å²) in [4.78, 5) is 0. The molecule has 0 aromatic heterocycles. The van der Waals surface area contributed by atoms with E-state index in [1.807, 2.05) is 0 Å². The van der Waals surface area contributed by atoms with Crippen molar-refractivity contribution >= 4 is 34.4 Å². The maximum atomic E-state index is 4.11. The van der Waals surface area contributed by atoms with Crippen molar-refractivity contribution in [2.45, 2.75) is 63.4 Å². The topological polar surface area (TPSA) is 0 Å². The van der Waals surface area contributed by atoms with Crippen LogP contribution in [0.1, 0.15) is 52.4 Å². The number of rotatable bonds is 7. The Morgan fingerprint density at radius 1 is 0.952 bits per heavy atom. The van der Waals surface area contributed by atoms with Gasteiger partial charge in [-0.05, 0) is 34.3 Å². The van der Waals surface area contributed by atoms with E-state index in [2.05, 4.69) is 106 Å². The van der Waals surface area contributed by atoms with E-state index in [9.17, 15) is 0 Å². The fourth-order valence-electron chi connectivity index (χ4n) is 3.53. The van der Waals surface area contributed by atoms with Crippen LogP contribution in [0.25, 0.3) is 0 Å². The Hall–Kier alpha value is 0.00688. The van der Waals surface area contributed by atoms with E-state index in [0.717, 1.165) is 21.1 Å². The quantitative estimate of drug-likeness (QED) is 0.344. The average molecular weight is 385 g/mol. The number of benzene rings is 1. The first-order chi connectivity index (χ1) is 9.75. The third kappa shape index (κ3) is 4.26. The van der Waals surface area contributed by atoms with Crippen LogP contribution in [0.5, 0.6) is 0 Å². The standard InChI is InChI=1S/C18H29BrSSi/c1-8-18(16-9-11-17(19)12-10-16)20-21(13(2)3,14(4)5)15(6)7/h8-15,18H,1H2,2-7H3/t18-/m0/s1. The molecule has 0 heterocycles. The van der Waals surface area contributed by atoms with Gasteiger partial charge in [0.15, 0.2) is 0 Å². The Balaban J connectivity index is 3.16. The van der Waals surface area contributed by atoms with Crippen molar-refractivity contribution in [3.63, 3.8) is 0 Å². The zero-order valence-electron chi connectivity index (χ0n) is 14.2. The van der Waals surface area contributed by atoms with Gasteiger partial charge in [-0.1, -0.05) is 75.7 Å². The molecule has 3 heteroatoms. The molecule has 21 heavy (non-hydrogen) atoms. The van der Waals surface area contributed by atoms with Gasteiger partial charge in [0.05, 0.1) is 0 Å². The highest BCUT2D eigenvalue weighted by molar-refractivity contribution is 9.10. The Bertz CT molecular complexity index is 429. The molecule has 0 bridgehead atoms. The fraction of sp³-hybridized carbons (Fsp3) is 0.556. The second-order valence-corrected chi connectivity index (χ2v) is 16.3. The summed E-state index contributed by atoms with van der Waals surface area (Å²) in [5.41, 5.74) is 3.67. The first-order valence-electron chi connectivity index (χ1n) is 7.81. The van der Waals surface area contributed by atoms with Crippen LogP contribution in [0.4, 0.5) is 0 Å². The lowest BCUT2D eigenvalue weighted by Crippen LogP contribution is -2.41. The van der Waals surface area contributed by atoms with Gasteiger partial charge in [-0.15, -0.1) is 6.58 Å². The summed E-state index contributed by atoms with van der Waals surface area (Å²) < 4.78 is 1.14. The van der Waals surface area contributed by atoms with Crippen LogP contribution >= 0.6 is 27.1 Å². The molecular formula is C18H29BrSSi. The molecule has 0 amide bonds. The molecule has 0 saturated heterocycles. The summed E-state index contributed by atoms with van der Waals surface area (Å²) in [6, 6.07) is 8.72. The monoisotopic (exact) mass is 384 g/mol. The minimum Gasteiger partial charge on any atom is -0.172 e. The Morgan fingerprint density at radius 3 is 1.71 bits per heavy atom. The number of hydrogen-bond donors (Lipinski definition) is 0. The molecule has 0 aliphatic rings. The molecule has 1 aromatic rings. The van der Waals surface area contributed by atoms with Crippen molar-refractivity contribution < 1.29 is 0 Å². The summed E-state index contributed by atoms with van der Waals surface area (Å²) in [7, 11) is -1.47. The van der Waals surface area contributed by atoms with Gasteiger partial charge in [0, 0.05) is 9.72 Å². The molecule has 0 nitrogen and oxygen atoms in total. The van der Waals surface area contributed by atoms with Crippen molar-refractivity contribution in [1.29, 1.82) is 0 Å². The second kappa shape index (κ2) is 8.03.